The molecule has 0 aromatic carbocycles. The second-order valence-corrected chi connectivity index (χ2v) is 4.08. The minimum Gasteiger partial charge on any atom is -0.393 e. The first-order valence-electron chi connectivity index (χ1n) is 4.82. The van der Waals surface area contributed by atoms with E-state index in [0.717, 1.165) is 19.3 Å². The average molecular weight is 170 g/mol. The number of aliphatic hydroxyl groups excluding tert-OH is 1. The molecule has 0 saturated heterocycles. The zero-order chi connectivity index (χ0) is 9.14. The Balaban J connectivity index is 2.35. The van der Waals surface area contributed by atoms with Crippen LogP contribution in [0.25, 0.3) is 0 Å². The molecule has 70 valence electrons. The number of hydrogen-bond donors (Lipinski definition) is 1. The van der Waals surface area contributed by atoms with Crippen LogP contribution in [0.3, 0.4) is 0 Å². The molecule has 0 heterocycles. The summed E-state index contributed by atoms with van der Waals surface area (Å²) in [5.41, 5.74) is 0. The van der Waals surface area contributed by atoms with Crippen molar-refractivity contribution < 1.29 is 9.90 Å². The third-order valence-electron chi connectivity index (χ3n) is 2.73. The first kappa shape index (κ1) is 9.72. The summed E-state index contributed by atoms with van der Waals surface area (Å²) in [4.78, 5) is 11.3. The average Bonchev–Trinajstić information content (AvgIpc) is 2.36. The maximum atomic E-state index is 11.3. The van der Waals surface area contributed by atoms with Gasteiger partial charge in [-0.2, -0.15) is 0 Å². The van der Waals surface area contributed by atoms with Gasteiger partial charge in [0.25, 0.3) is 0 Å². The van der Waals surface area contributed by atoms with Crippen LogP contribution in [0.4, 0.5) is 0 Å². The molecule has 0 aromatic rings. The van der Waals surface area contributed by atoms with E-state index in [4.69, 9.17) is 0 Å². The topological polar surface area (TPSA) is 37.3 Å². The Bertz CT molecular complexity index is 163. The van der Waals surface area contributed by atoms with Crippen molar-refractivity contribution in [3.8, 4) is 0 Å². The standard InChI is InChI=1S/C10H18O2/c1-7(2)10(12)6-8-4-3-5-9(8)11/h7-9,11H,3-6H2,1-2H3/t8-,9+/m1/s1. The van der Waals surface area contributed by atoms with Gasteiger partial charge in [-0.05, 0) is 18.8 Å². The lowest BCUT2D eigenvalue weighted by molar-refractivity contribution is -0.123. The van der Waals surface area contributed by atoms with Gasteiger partial charge in [-0.1, -0.05) is 20.3 Å². The summed E-state index contributed by atoms with van der Waals surface area (Å²) in [6, 6.07) is 0. The summed E-state index contributed by atoms with van der Waals surface area (Å²) in [6.07, 6.45) is 3.36. The van der Waals surface area contributed by atoms with Gasteiger partial charge in [0.05, 0.1) is 6.10 Å². The predicted octanol–water partition coefficient (Wildman–Crippen LogP) is 1.76. The first-order valence-corrected chi connectivity index (χ1v) is 4.82. The SMILES string of the molecule is CC(C)C(=O)C[C@H]1CCC[C@@H]1O. The van der Waals surface area contributed by atoms with E-state index >= 15 is 0 Å². The number of rotatable bonds is 3. The highest BCUT2D eigenvalue weighted by molar-refractivity contribution is 5.80. The first-order chi connectivity index (χ1) is 5.61. The highest BCUT2D eigenvalue weighted by Crippen LogP contribution is 2.29. The number of carbonyl (C=O) groups is 1. The van der Waals surface area contributed by atoms with Crippen LogP contribution in [0, 0.1) is 11.8 Å². The van der Waals surface area contributed by atoms with Crippen LogP contribution < -0.4 is 0 Å². The van der Waals surface area contributed by atoms with Gasteiger partial charge < -0.3 is 5.11 Å². The fourth-order valence-corrected chi connectivity index (χ4v) is 1.75. The Labute approximate surface area is 74.0 Å². The quantitative estimate of drug-likeness (QED) is 0.700. The molecule has 0 aliphatic heterocycles. The van der Waals surface area contributed by atoms with Gasteiger partial charge in [0, 0.05) is 12.3 Å². The Morgan fingerprint density at radius 1 is 1.50 bits per heavy atom. The lowest BCUT2D eigenvalue weighted by Crippen LogP contribution is -2.19. The zero-order valence-electron chi connectivity index (χ0n) is 7.92. The molecular weight excluding hydrogens is 152 g/mol. The van der Waals surface area contributed by atoms with Crippen molar-refractivity contribution in [2.45, 2.75) is 45.6 Å². The van der Waals surface area contributed by atoms with E-state index in [1.807, 2.05) is 13.8 Å². The summed E-state index contributed by atoms with van der Waals surface area (Å²) >= 11 is 0. The monoisotopic (exact) mass is 170 g/mol. The molecule has 2 nitrogen and oxygen atoms in total. The Morgan fingerprint density at radius 3 is 2.58 bits per heavy atom. The molecule has 0 bridgehead atoms. The minimum atomic E-state index is -0.215. The number of aliphatic hydroxyl groups is 1. The van der Waals surface area contributed by atoms with Gasteiger partial charge in [-0.15, -0.1) is 0 Å². The largest absolute Gasteiger partial charge is 0.393 e. The Morgan fingerprint density at radius 2 is 2.17 bits per heavy atom. The van der Waals surface area contributed by atoms with Gasteiger partial charge in [0.15, 0.2) is 0 Å². The molecule has 1 rings (SSSR count). The van der Waals surface area contributed by atoms with Crippen molar-refractivity contribution in [1.82, 2.24) is 0 Å². The Kier molecular flexibility index (Phi) is 3.27. The van der Waals surface area contributed by atoms with Crippen LogP contribution in [0.15, 0.2) is 0 Å². The molecule has 0 radical (unpaired) electrons. The molecule has 1 aliphatic rings. The van der Waals surface area contributed by atoms with Gasteiger partial charge in [0.1, 0.15) is 5.78 Å². The van der Waals surface area contributed by atoms with E-state index in [9.17, 15) is 9.90 Å². The summed E-state index contributed by atoms with van der Waals surface area (Å²) < 4.78 is 0. The van der Waals surface area contributed by atoms with Crippen molar-refractivity contribution in [1.29, 1.82) is 0 Å². The van der Waals surface area contributed by atoms with E-state index in [1.165, 1.54) is 0 Å². The molecule has 0 amide bonds. The normalized spacial score (nSPS) is 29.7. The molecule has 2 heteroatoms. The maximum Gasteiger partial charge on any atom is 0.135 e. The van der Waals surface area contributed by atoms with Crippen LogP contribution >= 0.6 is 0 Å². The maximum absolute atomic E-state index is 11.3. The third-order valence-corrected chi connectivity index (χ3v) is 2.73. The van der Waals surface area contributed by atoms with E-state index < -0.39 is 0 Å². The number of hydrogen-bond acceptors (Lipinski definition) is 2. The van der Waals surface area contributed by atoms with Crippen molar-refractivity contribution in [3.05, 3.63) is 0 Å². The molecule has 1 saturated carbocycles. The van der Waals surface area contributed by atoms with Crippen LogP contribution in [0.2, 0.25) is 0 Å². The fraction of sp³-hybridized carbons (Fsp3) is 0.900. The molecule has 2 atom stereocenters. The molecular formula is C10H18O2. The fourth-order valence-electron chi connectivity index (χ4n) is 1.75. The predicted molar refractivity (Wildman–Crippen MR) is 47.8 cm³/mol. The van der Waals surface area contributed by atoms with Crippen LogP contribution in [0.5, 0.6) is 0 Å². The molecule has 1 fully saturated rings. The molecule has 0 unspecified atom stereocenters. The van der Waals surface area contributed by atoms with Crippen molar-refractivity contribution >= 4 is 5.78 Å². The second kappa shape index (κ2) is 4.04. The number of Topliss-reactive ketones (excluding diaryl/α,β-unsaturated/α-hetero) is 1. The van der Waals surface area contributed by atoms with Crippen molar-refractivity contribution in [2.24, 2.45) is 11.8 Å². The summed E-state index contributed by atoms with van der Waals surface area (Å²) in [5.74, 6) is 0.665. The van der Waals surface area contributed by atoms with Gasteiger partial charge in [-0.3, -0.25) is 4.79 Å². The molecule has 0 spiro atoms. The van der Waals surface area contributed by atoms with E-state index in [-0.39, 0.29) is 17.9 Å². The number of ketones is 1. The summed E-state index contributed by atoms with van der Waals surface area (Å²) in [5, 5.41) is 9.47. The van der Waals surface area contributed by atoms with E-state index in [2.05, 4.69) is 0 Å². The molecule has 0 aromatic heterocycles. The van der Waals surface area contributed by atoms with Gasteiger partial charge >= 0.3 is 0 Å². The van der Waals surface area contributed by atoms with Crippen LogP contribution in [-0.4, -0.2) is 17.0 Å². The highest BCUT2D eigenvalue weighted by atomic mass is 16.3. The minimum absolute atomic E-state index is 0.123. The second-order valence-electron chi connectivity index (χ2n) is 4.08. The number of carbonyl (C=O) groups excluding carboxylic acids is 1. The van der Waals surface area contributed by atoms with Gasteiger partial charge in [-0.25, -0.2) is 0 Å². The van der Waals surface area contributed by atoms with E-state index in [1.54, 1.807) is 0 Å². The molecule has 1 N–H and O–H groups in total. The van der Waals surface area contributed by atoms with Crippen LogP contribution in [0.1, 0.15) is 39.5 Å². The summed E-state index contributed by atoms with van der Waals surface area (Å²) in [6.45, 7) is 3.84. The molecule has 12 heavy (non-hydrogen) atoms. The van der Waals surface area contributed by atoms with E-state index in [0.29, 0.717) is 12.2 Å². The third kappa shape index (κ3) is 2.31. The lowest BCUT2D eigenvalue weighted by Gasteiger charge is -2.14. The van der Waals surface area contributed by atoms with Gasteiger partial charge in [0.2, 0.25) is 0 Å². The Hall–Kier alpha value is -0.370. The zero-order valence-corrected chi connectivity index (χ0v) is 7.92. The van der Waals surface area contributed by atoms with Crippen molar-refractivity contribution in [3.63, 3.8) is 0 Å². The van der Waals surface area contributed by atoms with Crippen molar-refractivity contribution in [2.75, 3.05) is 0 Å². The summed E-state index contributed by atoms with van der Waals surface area (Å²) in [7, 11) is 0. The highest BCUT2D eigenvalue weighted by Gasteiger charge is 2.27. The molecule has 1 aliphatic carbocycles. The van der Waals surface area contributed by atoms with Crippen LogP contribution in [-0.2, 0) is 4.79 Å². The smallest absolute Gasteiger partial charge is 0.135 e. The lowest BCUT2D eigenvalue weighted by atomic mass is 9.94.